The van der Waals surface area contributed by atoms with Gasteiger partial charge in [-0.15, -0.1) is 0 Å². The lowest BCUT2D eigenvalue weighted by molar-refractivity contribution is 0.0699. The highest BCUT2D eigenvalue weighted by atomic mass is 16.4. The van der Waals surface area contributed by atoms with E-state index in [1.807, 2.05) is 6.92 Å². The Balaban J connectivity index is 2.81. The van der Waals surface area contributed by atoms with Gasteiger partial charge in [0.25, 0.3) is 0 Å². The van der Waals surface area contributed by atoms with Crippen LogP contribution in [0.4, 0.5) is 0 Å². The van der Waals surface area contributed by atoms with Gasteiger partial charge >= 0.3 is 5.97 Å². The molecule has 0 amide bonds. The minimum Gasteiger partial charge on any atom is -0.478 e. The number of nitrogens with zero attached hydrogens (tertiary/aromatic N) is 2. The molecule has 0 aromatic carbocycles. The van der Waals surface area contributed by atoms with Gasteiger partial charge in [-0.3, -0.25) is 0 Å². The highest BCUT2D eigenvalue weighted by Gasteiger charge is 2.14. The van der Waals surface area contributed by atoms with Crippen LogP contribution in [0.25, 0.3) is 11.0 Å². The summed E-state index contributed by atoms with van der Waals surface area (Å²) in [6.07, 6.45) is 3.57. The first-order valence-electron chi connectivity index (χ1n) is 4.28. The van der Waals surface area contributed by atoms with Gasteiger partial charge in [-0.2, -0.15) is 0 Å². The molecule has 2 N–H and O–H groups in total. The zero-order valence-corrected chi connectivity index (χ0v) is 7.61. The predicted octanol–water partition coefficient (Wildman–Crippen LogP) is 1.22. The van der Waals surface area contributed by atoms with Crippen LogP contribution in [-0.4, -0.2) is 26.0 Å². The summed E-state index contributed by atoms with van der Waals surface area (Å²) in [6.45, 7) is 1.93. The van der Waals surface area contributed by atoms with Crippen LogP contribution in [0, 0.1) is 0 Å². The highest BCUT2D eigenvalue weighted by molar-refractivity contribution is 6.03. The quantitative estimate of drug-likeness (QED) is 0.747. The molecule has 2 aromatic heterocycles. The summed E-state index contributed by atoms with van der Waals surface area (Å²) in [5.41, 5.74) is 1.57. The number of carbonyl (C=O) groups is 1. The molecule has 2 rings (SSSR count). The van der Waals surface area contributed by atoms with E-state index < -0.39 is 5.97 Å². The summed E-state index contributed by atoms with van der Waals surface area (Å²) in [4.78, 5) is 21.7. The number of H-pyrrole nitrogens is 1. The minimum absolute atomic E-state index is 0.234. The van der Waals surface area contributed by atoms with Gasteiger partial charge < -0.3 is 10.1 Å². The number of aromatic nitrogens is 3. The monoisotopic (exact) mass is 191 g/mol. The summed E-state index contributed by atoms with van der Waals surface area (Å²) in [6, 6.07) is 0. The summed E-state index contributed by atoms with van der Waals surface area (Å²) in [5, 5.41) is 9.53. The SMILES string of the molecule is CCc1ncnc2[nH]cc(C(=O)O)c12. The second-order valence-electron chi connectivity index (χ2n) is 2.91. The van der Waals surface area contributed by atoms with E-state index in [9.17, 15) is 4.79 Å². The maximum absolute atomic E-state index is 10.9. The minimum atomic E-state index is -0.958. The number of rotatable bonds is 2. The number of aryl methyl sites for hydroxylation is 1. The molecule has 0 aliphatic heterocycles. The molecule has 0 spiro atoms. The fraction of sp³-hybridized carbons (Fsp3) is 0.222. The Morgan fingerprint density at radius 3 is 3.00 bits per heavy atom. The van der Waals surface area contributed by atoms with E-state index in [4.69, 9.17) is 5.11 Å². The van der Waals surface area contributed by atoms with Crippen molar-refractivity contribution in [2.75, 3.05) is 0 Å². The molecular weight excluding hydrogens is 182 g/mol. The van der Waals surface area contributed by atoms with Gasteiger partial charge in [0, 0.05) is 6.20 Å². The smallest absolute Gasteiger partial charge is 0.338 e. The fourth-order valence-corrected chi connectivity index (χ4v) is 1.46. The molecule has 5 heteroatoms. The van der Waals surface area contributed by atoms with Gasteiger partial charge in [0.1, 0.15) is 12.0 Å². The zero-order chi connectivity index (χ0) is 10.1. The third kappa shape index (κ3) is 1.14. The molecule has 0 bridgehead atoms. The molecule has 14 heavy (non-hydrogen) atoms. The molecule has 0 saturated heterocycles. The number of fused-ring (bicyclic) bond motifs is 1. The number of hydrogen-bond acceptors (Lipinski definition) is 3. The molecule has 5 nitrogen and oxygen atoms in total. The van der Waals surface area contributed by atoms with Crippen LogP contribution in [0.15, 0.2) is 12.5 Å². The second-order valence-corrected chi connectivity index (χ2v) is 2.91. The van der Waals surface area contributed by atoms with E-state index in [1.165, 1.54) is 12.5 Å². The first-order valence-corrected chi connectivity index (χ1v) is 4.28. The van der Waals surface area contributed by atoms with Crippen LogP contribution in [0.2, 0.25) is 0 Å². The van der Waals surface area contributed by atoms with Crippen LogP contribution in [0.5, 0.6) is 0 Å². The average Bonchev–Trinajstić information content (AvgIpc) is 2.60. The molecule has 2 heterocycles. The standard InChI is InChI=1S/C9H9N3O2/c1-2-6-7-5(9(13)14)3-10-8(7)12-4-11-6/h3-4H,2H2,1H3,(H,13,14)(H,10,11,12). The topological polar surface area (TPSA) is 78.9 Å². The van der Waals surface area contributed by atoms with Crippen LogP contribution in [-0.2, 0) is 6.42 Å². The number of aromatic amines is 1. The van der Waals surface area contributed by atoms with E-state index >= 15 is 0 Å². The van der Waals surface area contributed by atoms with Crippen molar-refractivity contribution in [3.8, 4) is 0 Å². The van der Waals surface area contributed by atoms with Crippen molar-refractivity contribution in [3.05, 3.63) is 23.8 Å². The van der Waals surface area contributed by atoms with Crippen LogP contribution in [0.1, 0.15) is 23.0 Å². The first kappa shape index (κ1) is 8.68. The number of carboxylic acids is 1. The van der Waals surface area contributed by atoms with Crippen molar-refractivity contribution in [3.63, 3.8) is 0 Å². The number of carboxylic acid groups (broad SMARTS) is 1. The summed E-state index contributed by atoms with van der Waals surface area (Å²) >= 11 is 0. The molecule has 0 aliphatic carbocycles. The average molecular weight is 191 g/mol. The molecule has 0 unspecified atom stereocenters. The maximum Gasteiger partial charge on any atom is 0.338 e. The lowest BCUT2D eigenvalue weighted by Gasteiger charge is -1.98. The van der Waals surface area contributed by atoms with E-state index in [0.29, 0.717) is 17.5 Å². The molecular formula is C9H9N3O2. The molecule has 2 aromatic rings. The predicted molar refractivity (Wildman–Crippen MR) is 50.2 cm³/mol. The molecule has 0 saturated carbocycles. The molecule has 0 radical (unpaired) electrons. The third-order valence-electron chi connectivity index (χ3n) is 2.11. The Bertz CT molecular complexity index is 490. The molecule has 0 atom stereocenters. The largest absolute Gasteiger partial charge is 0.478 e. The Kier molecular flexibility index (Phi) is 1.92. The third-order valence-corrected chi connectivity index (χ3v) is 2.11. The van der Waals surface area contributed by atoms with Crippen LogP contribution >= 0.6 is 0 Å². The van der Waals surface area contributed by atoms with Gasteiger partial charge in [0.05, 0.1) is 16.6 Å². The van der Waals surface area contributed by atoms with Crippen molar-refractivity contribution in [1.82, 2.24) is 15.0 Å². The summed E-state index contributed by atoms with van der Waals surface area (Å²) < 4.78 is 0. The number of aromatic carboxylic acids is 1. The summed E-state index contributed by atoms with van der Waals surface area (Å²) in [7, 11) is 0. The van der Waals surface area contributed by atoms with Crippen LogP contribution in [0.3, 0.4) is 0 Å². The van der Waals surface area contributed by atoms with E-state index in [2.05, 4.69) is 15.0 Å². The number of hydrogen-bond donors (Lipinski definition) is 2. The highest BCUT2D eigenvalue weighted by Crippen LogP contribution is 2.19. The van der Waals surface area contributed by atoms with Crippen molar-refractivity contribution in [1.29, 1.82) is 0 Å². The fourth-order valence-electron chi connectivity index (χ4n) is 1.46. The second kappa shape index (κ2) is 3.10. The normalized spacial score (nSPS) is 10.6. The maximum atomic E-state index is 10.9. The van der Waals surface area contributed by atoms with Gasteiger partial charge in [-0.25, -0.2) is 14.8 Å². The Hall–Kier alpha value is -1.91. The van der Waals surface area contributed by atoms with Crippen LogP contribution < -0.4 is 0 Å². The van der Waals surface area contributed by atoms with Crippen molar-refractivity contribution >= 4 is 17.0 Å². The van der Waals surface area contributed by atoms with Crippen molar-refractivity contribution < 1.29 is 9.90 Å². The number of nitrogens with one attached hydrogen (secondary N) is 1. The molecule has 72 valence electrons. The lowest BCUT2D eigenvalue weighted by Crippen LogP contribution is -1.98. The van der Waals surface area contributed by atoms with E-state index in [0.717, 1.165) is 5.69 Å². The summed E-state index contributed by atoms with van der Waals surface area (Å²) in [5.74, 6) is -0.958. The lowest BCUT2D eigenvalue weighted by atomic mass is 10.1. The Labute approximate surface area is 79.8 Å². The Morgan fingerprint density at radius 2 is 2.36 bits per heavy atom. The van der Waals surface area contributed by atoms with Gasteiger partial charge in [-0.05, 0) is 6.42 Å². The molecule has 0 aliphatic rings. The van der Waals surface area contributed by atoms with Crippen molar-refractivity contribution in [2.45, 2.75) is 13.3 Å². The zero-order valence-electron chi connectivity index (χ0n) is 7.61. The van der Waals surface area contributed by atoms with Gasteiger partial charge in [0.15, 0.2) is 0 Å². The first-order chi connectivity index (χ1) is 6.74. The van der Waals surface area contributed by atoms with E-state index in [-0.39, 0.29) is 5.56 Å². The van der Waals surface area contributed by atoms with Crippen molar-refractivity contribution in [2.24, 2.45) is 0 Å². The Morgan fingerprint density at radius 1 is 1.57 bits per heavy atom. The van der Waals surface area contributed by atoms with Gasteiger partial charge in [-0.1, -0.05) is 6.92 Å². The molecule has 0 fully saturated rings. The van der Waals surface area contributed by atoms with E-state index in [1.54, 1.807) is 0 Å². The van der Waals surface area contributed by atoms with Gasteiger partial charge in [0.2, 0.25) is 0 Å².